The first-order chi connectivity index (χ1) is 9.22. The fraction of sp³-hybridized carbons (Fsp3) is 0.429. The van der Waals surface area contributed by atoms with Crippen LogP contribution in [-0.2, 0) is 11.2 Å². The standard InChI is InChI=1S/C14H16N2O2S/c17-13-7-10-6-9(3-4-12(10)16-13)14(18)15-8-11-2-1-5-19-11/h3-4,6,11H,1-2,5,7-8H2,(H,15,18)(H,16,17). The lowest BCUT2D eigenvalue weighted by Gasteiger charge is -2.10. The number of carbonyl (C=O) groups is 2. The first-order valence-corrected chi connectivity index (χ1v) is 7.60. The summed E-state index contributed by atoms with van der Waals surface area (Å²) in [5, 5.41) is 6.30. The van der Waals surface area contributed by atoms with Gasteiger partial charge in [-0.15, -0.1) is 0 Å². The van der Waals surface area contributed by atoms with E-state index in [0.717, 1.165) is 17.8 Å². The largest absolute Gasteiger partial charge is 0.351 e. The summed E-state index contributed by atoms with van der Waals surface area (Å²) in [6, 6.07) is 5.38. The van der Waals surface area contributed by atoms with Crippen LogP contribution in [-0.4, -0.2) is 29.4 Å². The van der Waals surface area contributed by atoms with Gasteiger partial charge in [0.05, 0.1) is 6.42 Å². The van der Waals surface area contributed by atoms with Gasteiger partial charge >= 0.3 is 0 Å². The predicted octanol–water partition coefficient (Wildman–Crippen LogP) is 1.81. The third kappa shape index (κ3) is 2.76. The molecule has 1 saturated heterocycles. The van der Waals surface area contributed by atoms with Crippen molar-refractivity contribution < 1.29 is 9.59 Å². The highest BCUT2D eigenvalue weighted by molar-refractivity contribution is 8.00. The molecule has 0 saturated carbocycles. The molecular formula is C14H16N2O2S. The van der Waals surface area contributed by atoms with Crippen LogP contribution in [0.25, 0.3) is 0 Å². The molecule has 3 rings (SSSR count). The zero-order valence-electron chi connectivity index (χ0n) is 10.6. The van der Waals surface area contributed by atoms with Gasteiger partial charge in [-0.25, -0.2) is 0 Å². The molecule has 1 atom stereocenters. The van der Waals surface area contributed by atoms with Crippen LogP contribution in [0.3, 0.4) is 0 Å². The molecule has 1 aromatic rings. The monoisotopic (exact) mass is 276 g/mol. The Balaban J connectivity index is 1.63. The molecule has 0 radical (unpaired) electrons. The van der Waals surface area contributed by atoms with E-state index in [9.17, 15) is 9.59 Å². The smallest absolute Gasteiger partial charge is 0.251 e. The molecular weight excluding hydrogens is 260 g/mol. The van der Waals surface area contributed by atoms with Crippen molar-refractivity contribution in [1.82, 2.24) is 5.32 Å². The van der Waals surface area contributed by atoms with Gasteiger partial charge in [0.15, 0.2) is 0 Å². The Hall–Kier alpha value is -1.49. The third-order valence-corrected chi connectivity index (χ3v) is 4.90. The maximum Gasteiger partial charge on any atom is 0.251 e. The van der Waals surface area contributed by atoms with Crippen LogP contribution in [0.1, 0.15) is 28.8 Å². The fourth-order valence-electron chi connectivity index (χ4n) is 2.48. The van der Waals surface area contributed by atoms with Gasteiger partial charge in [-0.3, -0.25) is 9.59 Å². The third-order valence-electron chi connectivity index (χ3n) is 3.51. The fourth-order valence-corrected chi connectivity index (χ4v) is 3.69. The van der Waals surface area contributed by atoms with Gasteiger partial charge in [-0.05, 0) is 42.4 Å². The summed E-state index contributed by atoms with van der Waals surface area (Å²) in [4.78, 5) is 23.3. The van der Waals surface area contributed by atoms with E-state index in [1.165, 1.54) is 18.6 Å². The molecule has 1 unspecified atom stereocenters. The topological polar surface area (TPSA) is 58.2 Å². The van der Waals surface area contributed by atoms with Gasteiger partial charge < -0.3 is 10.6 Å². The van der Waals surface area contributed by atoms with E-state index in [2.05, 4.69) is 10.6 Å². The molecule has 2 aliphatic rings. The Bertz CT molecular complexity index is 524. The molecule has 2 heterocycles. The minimum atomic E-state index is -0.0466. The Kier molecular flexibility index (Phi) is 3.46. The zero-order valence-corrected chi connectivity index (χ0v) is 11.4. The van der Waals surface area contributed by atoms with Crippen molar-refractivity contribution in [3.63, 3.8) is 0 Å². The maximum atomic E-state index is 12.1. The second-order valence-electron chi connectivity index (χ2n) is 4.94. The molecule has 2 N–H and O–H groups in total. The van der Waals surface area contributed by atoms with Gasteiger partial charge in [0.25, 0.3) is 5.91 Å². The van der Waals surface area contributed by atoms with Gasteiger partial charge in [0.2, 0.25) is 5.91 Å². The van der Waals surface area contributed by atoms with Crippen molar-refractivity contribution in [2.24, 2.45) is 0 Å². The van der Waals surface area contributed by atoms with E-state index in [-0.39, 0.29) is 11.8 Å². The van der Waals surface area contributed by atoms with E-state index >= 15 is 0 Å². The molecule has 2 amide bonds. The van der Waals surface area contributed by atoms with Crippen LogP contribution in [0, 0.1) is 0 Å². The zero-order chi connectivity index (χ0) is 13.2. The van der Waals surface area contributed by atoms with Crippen molar-refractivity contribution in [2.75, 3.05) is 17.6 Å². The van der Waals surface area contributed by atoms with Gasteiger partial charge in [0.1, 0.15) is 0 Å². The maximum absolute atomic E-state index is 12.1. The number of hydrogen-bond donors (Lipinski definition) is 2. The Labute approximate surface area is 116 Å². The summed E-state index contributed by atoms with van der Waals surface area (Å²) in [5.41, 5.74) is 2.37. The highest BCUT2D eigenvalue weighted by Gasteiger charge is 2.20. The van der Waals surface area contributed by atoms with Crippen molar-refractivity contribution in [3.05, 3.63) is 29.3 Å². The number of amides is 2. The number of benzene rings is 1. The molecule has 4 nitrogen and oxygen atoms in total. The second-order valence-corrected chi connectivity index (χ2v) is 6.35. The van der Waals surface area contributed by atoms with E-state index in [4.69, 9.17) is 0 Å². The average molecular weight is 276 g/mol. The molecule has 0 spiro atoms. The van der Waals surface area contributed by atoms with Gasteiger partial charge in [-0.1, -0.05) is 0 Å². The minimum absolute atomic E-state index is 0.00471. The lowest BCUT2D eigenvalue weighted by Crippen LogP contribution is -2.29. The molecule has 2 aliphatic heterocycles. The number of thioether (sulfide) groups is 1. The summed E-state index contributed by atoms with van der Waals surface area (Å²) >= 11 is 1.93. The van der Waals surface area contributed by atoms with Crippen molar-refractivity contribution in [3.8, 4) is 0 Å². The van der Waals surface area contributed by atoms with Crippen LogP contribution in [0.5, 0.6) is 0 Å². The van der Waals surface area contributed by atoms with Crippen molar-refractivity contribution >= 4 is 29.3 Å². The lowest BCUT2D eigenvalue weighted by molar-refractivity contribution is -0.115. The van der Waals surface area contributed by atoms with Crippen LogP contribution >= 0.6 is 11.8 Å². The first kappa shape index (κ1) is 12.5. The average Bonchev–Trinajstić information content (AvgIpc) is 3.02. The van der Waals surface area contributed by atoms with E-state index < -0.39 is 0 Å². The summed E-state index contributed by atoms with van der Waals surface area (Å²) in [6.07, 6.45) is 2.81. The molecule has 1 fully saturated rings. The SMILES string of the molecule is O=C1Cc2cc(C(=O)NCC3CCCS3)ccc2N1. The summed E-state index contributed by atoms with van der Waals surface area (Å²) in [6.45, 7) is 0.734. The van der Waals surface area contributed by atoms with E-state index in [0.29, 0.717) is 17.2 Å². The van der Waals surface area contributed by atoms with Crippen LogP contribution in [0.4, 0.5) is 5.69 Å². The summed E-state index contributed by atoms with van der Waals surface area (Å²) in [5.74, 6) is 1.15. The Morgan fingerprint density at radius 3 is 3.16 bits per heavy atom. The van der Waals surface area contributed by atoms with Gasteiger partial charge in [0, 0.05) is 23.0 Å². The molecule has 19 heavy (non-hydrogen) atoms. The number of anilines is 1. The number of nitrogens with one attached hydrogen (secondary N) is 2. The number of rotatable bonds is 3. The molecule has 5 heteroatoms. The number of fused-ring (bicyclic) bond motifs is 1. The molecule has 0 aliphatic carbocycles. The van der Waals surface area contributed by atoms with Crippen LogP contribution in [0.15, 0.2) is 18.2 Å². The molecule has 0 bridgehead atoms. The second kappa shape index (κ2) is 5.25. The molecule has 0 aromatic heterocycles. The van der Waals surface area contributed by atoms with Crippen molar-refractivity contribution in [1.29, 1.82) is 0 Å². The minimum Gasteiger partial charge on any atom is -0.351 e. The quantitative estimate of drug-likeness (QED) is 0.885. The van der Waals surface area contributed by atoms with E-state index in [1.54, 1.807) is 12.1 Å². The predicted molar refractivity (Wildman–Crippen MR) is 76.6 cm³/mol. The number of hydrogen-bond acceptors (Lipinski definition) is 3. The normalized spacial score (nSPS) is 21.1. The molecule has 100 valence electrons. The molecule has 1 aromatic carbocycles. The van der Waals surface area contributed by atoms with Gasteiger partial charge in [-0.2, -0.15) is 11.8 Å². The highest BCUT2D eigenvalue weighted by Crippen LogP contribution is 2.26. The first-order valence-electron chi connectivity index (χ1n) is 6.55. The Morgan fingerprint density at radius 2 is 2.37 bits per heavy atom. The van der Waals surface area contributed by atoms with Crippen LogP contribution < -0.4 is 10.6 Å². The van der Waals surface area contributed by atoms with Crippen molar-refractivity contribution in [2.45, 2.75) is 24.5 Å². The number of carbonyl (C=O) groups excluding carboxylic acids is 2. The highest BCUT2D eigenvalue weighted by atomic mass is 32.2. The van der Waals surface area contributed by atoms with Crippen LogP contribution in [0.2, 0.25) is 0 Å². The van der Waals surface area contributed by atoms with E-state index in [1.807, 2.05) is 17.8 Å². The Morgan fingerprint density at radius 1 is 1.47 bits per heavy atom. The lowest BCUT2D eigenvalue weighted by atomic mass is 10.1. The summed E-state index contributed by atoms with van der Waals surface area (Å²) in [7, 11) is 0. The summed E-state index contributed by atoms with van der Waals surface area (Å²) < 4.78 is 0.